The highest BCUT2D eigenvalue weighted by atomic mass is 19.1. The Morgan fingerprint density at radius 3 is 2.18 bits per heavy atom. The van der Waals surface area contributed by atoms with Crippen LogP contribution in [0.25, 0.3) is 0 Å². The quantitative estimate of drug-likeness (QED) is 0.599. The molecule has 0 bridgehead atoms. The summed E-state index contributed by atoms with van der Waals surface area (Å²) in [6, 6.07) is 7.21. The van der Waals surface area contributed by atoms with Gasteiger partial charge in [0.1, 0.15) is 0 Å². The molecule has 1 aliphatic heterocycles. The zero-order chi connectivity index (χ0) is 12.9. The van der Waals surface area contributed by atoms with Crippen LogP contribution in [-0.4, -0.2) is 11.8 Å². The molecule has 1 aromatic rings. The van der Waals surface area contributed by atoms with Gasteiger partial charge in [0.25, 0.3) is 0 Å². The van der Waals surface area contributed by atoms with Crippen LogP contribution in [0.2, 0.25) is 0 Å². The first kappa shape index (κ1) is 12.2. The largest absolute Gasteiger partial charge is 0.298 e. The van der Waals surface area contributed by atoms with Crippen molar-refractivity contribution >= 4 is 6.29 Å². The molecular formula is C14H18FNO. The molecule has 0 saturated heterocycles. The highest BCUT2D eigenvalue weighted by molar-refractivity contribution is 5.68. The molecule has 1 aliphatic rings. The molecule has 2 nitrogen and oxygen atoms in total. The SMILES string of the molecule is CC1(C)NC(F)(C=O)c2ccccc2C1(C)C. The third-order valence-corrected chi connectivity index (χ3v) is 4.21. The second kappa shape index (κ2) is 3.39. The van der Waals surface area contributed by atoms with Gasteiger partial charge in [0.05, 0.1) is 0 Å². The topological polar surface area (TPSA) is 29.1 Å². The van der Waals surface area contributed by atoms with Crippen molar-refractivity contribution in [3.05, 3.63) is 35.4 Å². The van der Waals surface area contributed by atoms with Gasteiger partial charge in [0.15, 0.2) is 6.29 Å². The maximum atomic E-state index is 14.7. The number of fused-ring (bicyclic) bond motifs is 1. The predicted octanol–water partition coefficient (Wildman–Crippen LogP) is 2.67. The Morgan fingerprint density at radius 2 is 1.65 bits per heavy atom. The lowest BCUT2D eigenvalue weighted by atomic mass is 9.64. The van der Waals surface area contributed by atoms with E-state index in [-0.39, 0.29) is 5.41 Å². The van der Waals surface area contributed by atoms with Crippen molar-refractivity contribution in [2.24, 2.45) is 0 Å². The number of hydrogen-bond acceptors (Lipinski definition) is 2. The average molecular weight is 235 g/mol. The summed E-state index contributed by atoms with van der Waals surface area (Å²) >= 11 is 0. The summed E-state index contributed by atoms with van der Waals surface area (Å²) in [7, 11) is 0. The van der Waals surface area contributed by atoms with Crippen LogP contribution in [0, 0.1) is 0 Å². The van der Waals surface area contributed by atoms with Crippen molar-refractivity contribution < 1.29 is 9.18 Å². The zero-order valence-electron chi connectivity index (χ0n) is 10.7. The van der Waals surface area contributed by atoms with E-state index in [9.17, 15) is 9.18 Å². The Bertz CT molecular complexity index is 467. The molecule has 1 heterocycles. The number of alkyl halides is 1. The Balaban J connectivity index is 2.74. The molecule has 92 valence electrons. The molecule has 17 heavy (non-hydrogen) atoms. The lowest BCUT2D eigenvalue weighted by molar-refractivity contribution is -0.124. The minimum Gasteiger partial charge on any atom is -0.298 e. The fourth-order valence-corrected chi connectivity index (χ4v) is 2.45. The number of benzene rings is 1. The first-order valence-electron chi connectivity index (χ1n) is 5.79. The Morgan fingerprint density at radius 1 is 1.12 bits per heavy atom. The number of carbonyl (C=O) groups is 1. The Hall–Kier alpha value is -1.22. The number of hydrogen-bond donors (Lipinski definition) is 1. The van der Waals surface area contributed by atoms with Crippen molar-refractivity contribution in [1.29, 1.82) is 0 Å². The molecule has 0 spiro atoms. The maximum Gasteiger partial charge on any atom is 0.243 e. The summed E-state index contributed by atoms with van der Waals surface area (Å²) in [5.41, 5.74) is 0.567. The second-order valence-electron chi connectivity index (χ2n) is 5.75. The average Bonchev–Trinajstić information content (AvgIpc) is 2.27. The first-order chi connectivity index (χ1) is 7.74. The summed E-state index contributed by atoms with van der Waals surface area (Å²) in [5, 5.41) is 2.83. The van der Waals surface area contributed by atoms with Crippen LogP contribution in [0.4, 0.5) is 4.39 Å². The molecule has 1 unspecified atom stereocenters. The van der Waals surface area contributed by atoms with E-state index in [1.807, 2.05) is 26.0 Å². The Kier molecular flexibility index (Phi) is 2.44. The van der Waals surface area contributed by atoms with Gasteiger partial charge < -0.3 is 0 Å². The van der Waals surface area contributed by atoms with Gasteiger partial charge >= 0.3 is 0 Å². The van der Waals surface area contributed by atoms with Crippen molar-refractivity contribution in [3.63, 3.8) is 0 Å². The number of aldehydes is 1. The fraction of sp³-hybridized carbons (Fsp3) is 0.500. The summed E-state index contributed by atoms with van der Waals surface area (Å²) in [4.78, 5) is 11.1. The standard InChI is InChI=1S/C14H18FNO/c1-12(2)10-7-5-6-8-11(10)14(15,9-17)16-13(12,3)4/h5-9,16H,1-4H3. The van der Waals surface area contributed by atoms with E-state index in [1.165, 1.54) is 0 Å². The normalized spacial score (nSPS) is 29.5. The minimum atomic E-state index is -2.09. The first-order valence-corrected chi connectivity index (χ1v) is 5.79. The molecule has 0 saturated carbocycles. The second-order valence-corrected chi connectivity index (χ2v) is 5.75. The third kappa shape index (κ3) is 1.53. The van der Waals surface area contributed by atoms with Gasteiger partial charge in [0, 0.05) is 16.5 Å². The van der Waals surface area contributed by atoms with Crippen LogP contribution < -0.4 is 5.32 Å². The highest BCUT2D eigenvalue weighted by Crippen LogP contribution is 2.45. The van der Waals surface area contributed by atoms with E-state index in [1.54, 1.807) is 12.1 Å². The van der Waals surface area contributed by atoms with Crippen molar-refractivity contribution in [2.45, 2.75) is 44.4 Å². The molecule has 1 aromatic carbocycles. The van der Waals surface area contributed by atoms with Crippen LogP contribution in [0.1, 0.15) is 38.8 Å². The van der Waals surface area contributed by atoms with Gasteiger partial charge in [-0.3, -0.25) is 10.1 Å². The van der Waals surface area contributed by atoms with Crippen LogP contribution in [-0.2, 0) is 16.0 Å². The molecule has 0 amide bonds. The van der Waals surface area contributed by atoms with Crippen LogP contribution >= 0.6 is 0 Å². The van der Waals surface area contributed by atoms with E-state index >= 15 is 0 Å². The van der Waals surface area contributed by atoms with Crippen LogP contribution in [0.3, 0.4) is 0 Å². The number of carbonyl (C=O) groups excluding carboxylic acids is 1. The molecule has 0 radical (unpaired) electrons. The predicted molar refractivity (Wildman–Crippen MR) is 65.5 cm³/mol. The van der Waals surface area contributed by atoms with Crippen molar-refractivity contribution in [1.82, 2.24) is 5.32 Å². The number of halogens is 1. The van der Waals surface area contributed by atoms with E-state index in [4.69, 9.17) is 0 Å². The molecule has 3 heteroatoms. The molecule has 2 rings (SSSR count). The van der Waals surface area contributed by atoms with E-state index < -0.39 is 11.3 Å². The van der Waals surface area contributed by atoms with Gasteiger partial charge in [-0.15, -0.1) is 0 Å². The van der Waals surface area contributed by atoms with Crippen LogP contribution in [0.15, 0.2) is 24.3 Å². The molecule has 0 fully saturated rings. The molecule has 1 atom stereocenters. The van der Waals surface area contributed by atoms with Gasteiger partial charge in [-0.05, 0) is 19.4 Å². The maximum absolute atomic E-state index is 14.7. The summed E-state index contributed by atoms with van der Waals surface area (Å²) < 4.78 is 14.7. The van der Waals surface area contributed by atoms with Crippen molar-refractivity contribution in [2.75, 3.05) is 0 Å². The molecule has 0 aliphatic carbocycles. The monoisotopic (exact) mass is 235 g/mol. The molecule has 0 aromatic heterocycles. The summed E-state index contributed by atoms with van der Waals surface area (Å²) in [5.74, 6) is -2.09. The zero-order valence-corrected chi connectivity index (χ0v) is 10.7. The van der Waals surface area contributed by atoms with Gasteiger partial charge in [0.2, 0.25) is 5.79 Å². The summed E-state index contributed by atoms with van der Waals surface area (Å²) in [6.45, 7) is 7.95. The number of rotatable bonds is 1. The van der Waals surface area contributed by atoms with Gasteiger partial charge in [-0.1, -0.05) is 38.1 Å². The van der Waals surface area contributed by atoms with E-state index in [0.717, 1.165) is 5.56 Å². The highest BCUT2D eigenvalue weighted by Gasteiger charge is 2.52. The van der Waals surface area contributed by atoms with Gasteiger partial charge in [-0.2, -0.15) is 0 Å². The smallest absolute Gasteiger partial charge is 0.243 e. The molecular weight excluding hydrogens is 217 g/mol. The summed E-state index contributed by atoms with van der Waals surface area (Å²) in [6.07, 6.45) is 0.350. The Labute approximate surface area is 101 Å². The van der Waals surface area contributed by atoms with Crippen molar-refractivity contribution in [3.8, 4) is 0 Å². The lowest BCUT2D eigenvalue weighted by Crippen LogP contribution is -2.65. The lowest BCUT2D eigenvalue weighted by Gasteiger charge is -2.51. The fourth-order valence-electron chi connectivity index (χ4n) is 2.45. The minimum absolute atomic E-state index is 0.248. The molecule has 1 N–H and O–H groups in total. The van der Waals surface area contributed by atoms with Gasteiger partial charge in [-0.25, -0.2) is 4.39 Å². The third-order valence-electron chi connectivity index (χ3n) is 4.21. The van der Waals surface area contributed by atoms with E-state index in [2.05, 4.69) is 19.2 Å². The van der Waals surface area contributed by atoms with E-state index in [0.29, 0.717) is 11.8 Å². The number of nitrogens with one attached hydrogen (secondary N) is 1. The van der Waals surface area contributed by atoms with Crippen LogP contribution in [0.5, 0.6) is 0 Å².